The average molecular weight is 450 g/mol. The van der Waals surface area contributed by atoms with Gasteiger partial charge >= 0.3 is 0 Å². The number of hydrogen-bond acceptors (Lipinski definition) is 6. The number of carbonyl (C=O) groups is 1. The quantitative estimate of drug-likeness (QED) is 0.651. The Morgan fingerprint density at radius 1 is 1.12 bits per heavy atom. The minimum Gasteiger partial charge on any atom is -0.376 e. The fourth-order valence-corrected chi connectivity index (χ4v) is 5.10. The summed E-state index contributed by atoms with van der Waals surface area (Å²) in [4.78, 5) is 26.5. The first-order chi connectivity index (χ1) is 16.0. The first-order valence-electron chi connectivity index (χ1n) is 12.4. The fraction of sp³-hybridized carbons (Fsp3) is 0.577. The number of hydrogen-bond donors (Lipinski definition) is 1. The van der Waals surface area contributed by atoms with Gasteiger partial charge in [0.25, 0.3) is 5.91 Å². The molecule has 3 heterocycles. The van der Waals surface area contributed by atoms with E-state index in [0.717, 1.165) is 36.6 Å². The number of nitrogens with zero attached hydrogens (tertiary/aromatic N) is 4. The van der Waals surface area contributed by atoms with Crippen molar-refractivity contribution in [2.45, 2.75) is 77.0 Å². The van der Waals surface area contributed by atoms with Gasteiger partial charge < -0.3 is 19.9 Å². The minimum absolute atomic E-state index is 0.0207. The molecule has 33 heavy (non-hydrogen) atoms. The molecule has 1 saturated heterocycles. The number of ether oxygens (including phenoxy) is 1. The second-order valence-corrected chi connectivity index (χ2v) is 9.97. The molecule has 1 unspecified atom stereocenters. The second kappa shape index (κ2) is 9.29. The van der Waals surface area contributed by atoms with E-state index in [1.807, 2.05) is 30.7 Å². The summed E-state index contributed by atoms with van der Waals surface area (Å²) in [5.41, 5.74) is 3.80. The van der Waals surface area contributed by atoms with E-state index in [2.05, 4.69) is 34.6 Å². The van der Waals surface area contributed by atoms with Gasteiger partial charge in [-0.05, 0) is 56.7 Å². The van der Waals surface area contributed by atoms with Crippen LogP contribution in [0, 0.1) is 0 Å². The maximum absolute atomic E-state index is 13.1. The highest BCUT2D eigenvalue weighted by atomic mass is 16.5. The van der Waals surface area contributed by atoms with Crippen LogP contribution in [-0.4, -0.2) is 53.1 Å². The lowest BCUT2D eigenvalue weighted by molar-refractivity contribution is -0.0441. The zero-order chi connectivity index (χ0) is 22.9. The Hall–Kier alpha value is -2.67. The van der Waals surface area contributed by atoms with Crippen LogP contribution in [0.25, 0.3) is 0 Å². The number of nitrogens with one attached hydrogen (secondary N) is 1. The molecule has 1 atom stereocenters. The predicted octanol–water partition coefficient (Wildman–Crippen LogP) is 4.86. The number of anilines is 3. The molecule has 0 bridgehead atoms. The topological polar surface area (TPSA) is 70.6 Å². The van der Waals surface area contributed by atoms with Crippen LogP contribution in [0.1, 0.15) is 79.9 Å². The van der Waals surface area contributed by atoms with Crippen LogP contribution in [0.5, 0.6) is 0 Å². The van der Waals surface area contributed by atoms with E-state index in [1.165, 1.54) is 37.7 Å². The fourth-order valence-electron chi connectivity index (χ4n) is 5.10. The van der Waals surface area contributed by atoms with Crippen LogP contribution in [0.15, 0.2) is 24.3 Å². The van der Waals surface area contributed by atoms with Crippen LogP contribution in [0.2, 0.25) is 0 Å². The van der Waals surface area contributed by atoms with Crippen molar-refractivity contribution in [3.05, 3.63) is 41.1 Å². The SMILES string of the molecule is CC(C)N1Cc2c(Nc3ccc(C4CCCCC4)cc3)nc(N(C)CC3CCO3)nc2C1=O. The number of rotatable bonds is 7. The monoisotopic (exact) mass is 449 g/mol. The molecule has 1 aromatic heterocycles. The molecule has 1 aromatic carbocycles. The summed E-state index contributed by atoms with van der Waals surface area (Å²) in [7, 11) is 1.96. The molecule has 176 valence electrons. The lowest BCUT2D eigenvalue weighted by atomic mass is 9.84. The number of aromatic nitrogens is 2. The van der Waals surface area contributed by atoms with Gasteiger partial charge in [-0.15, -0.1) is 0 Å². The van der Waals surface area contributed by atoms with Crippen molar-refractivity contribution in [3.8, 4) is 0 Å². The molecule has 2 aliphatic heterocycles. The Bertz CT molecular complexity index is 996. The van der Waals surface area contributed by atoms with Crippen LogP contribution in [-0.2, 0) is 11.3 Å². The smallest absolute Gasteiger partial charge is 0.273 e. The van der Waals surface area contributed by atoms with Crippen molar-refractivity contribution in [1.82, 2.24) is 14.9 Å². The zero-order valence-corrected chi connectivity index (χ0v) is 20.0. The number of fused-ring (bicyclic) bond motifs is 1. The third kappa shape index (κ3) is 4.56. The molecule has 5 rings (SSSR count). The average Bonchev–Trinajstić information content (AvgIpc) is 3.14. The van der Waals surface area contributed by atoms with Crippen molar-refractivity contribution in [3.63, 3.8) is 0 Å². The van der Waals surface area contributed by atoms with Gasteiger partial charge in [-0.25, -0.2) is 4.98 Å². The maximum atomic E-state index is 13.1. The third-order valence-corrected chi connectivity index (χ3v) is 7.27. The van der Waals surface area contributed by atoms with Crippen molar-refractivity contribution >= 4 is 23.4 Å². The Kier molecular flexibility index (Phi) is 6.23. The third-order valence-electron chi connectivity index (χ3n) is 7.27. The first-order valence-corrected chi connectivity index (χ1v) is 12.4. The standard InChI is InChI=1S/C26H35N5O2/c1-17(2)31-16-22-23(25(31)32)28-26(30(3)15-21-13-14-33-21)29-24(22)27-20-11-9-19(10-12-20)18-7-5-4-6-8-18/h9-12,17-18,21H,4-8,13-16H2,1-3H3,(H,27,28,29). The molecule has 7 nitrogen and oxygen atoms in total. The van der Waals surface area contributed by atoms with Gasteiger partial charge in [0.2, 0.25) is 5.95 Å². The van der Waals surface area contributed by atoms with Crippen molar-refractivity contribution in [1.29, 1.82) is 0 Å². The molecule has 1 N–H and O–H groups in total. The van der Waals surface area contributed by atoms with Crippen molar-refractivity contribution in [2.75, 3.05) is 30.4 Å². The zero-order valence-electron chi connectivity index (χ0n) is 20.0. The van der Waals surface area contributed by atoms with Gasteiger partial charge in [-0.3, -0.25) is 4.79 Å². The van der Waals surface area contributed by atoms with Gasteiger partial charge in [0.15, 0.2) is 0 Å². The Labute approximate surface area is 196 Å². The number of benzene rings is 1. The Balaban J connectivity index is 1.42. The predicted molar refractivity (Wildman–Crippen MR) is 130 cm³/mol. The van der Waals surface area contributed by atoms with Crippen molar-refractivity contribution in [2.24, 2.45) is 0 Å². The molecule has 0 spiro atoms. The van der Waals surface area contributed by atoms with Gasteiger partial charge in [0.1, 0.15) is 11.5 Å². The van der Waals surface area contributed by atoms with E-state index in [9.17, 15) is 4.79 Å². The molecular weight excluding hydrogens is 414 g/mol. The van der Waals surface area contributed by atoms with Gasteiger partial charge in [0, 0.05) is 37.5 Å². The van der Waals surface area contributed by atoms with Gasteiger partial charge in [0.05, 0.1) is 12.6 Å². The highest BCUT2D eigenvalue weighted by molar-refractivity contribution is 5.98. The Morgan fingerprint density at radius 3 is 2.48 bits per heavy atom. The van der Waals surface area contributed by atoms with E-state index < -0.39 is 0 Å². The highest BCUT2D eigenvalue weighted by Crippen LogP contribution is 2.35. The molecule has 3 aliphatic rings. The normalized spacial score (nSPS) is 20.7. The van der Waals surface area contributed by atoms with Gasteiger partial charge in [-0.2, -0.15) is 4.98 Å². The second-order valence-electron chi connectivity index (χ2n) is 9.97. The van der Waals surface area contributed by atoms with Crippen LogP contribution >= 0.6 is 0 Å². The van der Waals surface area contributed by atoms with E-state index in [1.54, 1.807) is 0 Å². The van der Waals surface area contributed by atoms with Crippen LogP contribution in [0.3, 0.4) is 0 Å². The summed E-state index contributed by atoms with van der Waals surface area (Å²) < 4.78 is 5.58. The summed E-state index contributed by atoms with van der Waals surface area (Å²) in [5.74, 6) is 1.94. The number of carbonyl (C=O) groups excluding carboxylic acids is 1. The molecule has 0 radical (unpaired) electrons. The number of amides is 1. The Morgan fingerprint density at radius 2 is 1.85 bits per heavy atom. The summed E-state index contributed by atoms with van der Waals surface area (Å²) in [6.07, 6.45) is 7.87. The molecular formula is C26H35N5O2. The highest BCUT2D eigenvalue weighted by Gasteiger charge is 2.35. The number of likely N-dealkylation sites (N-methyl/N-ethyl adjacent to an activating group) is 1. The molecule has 1 amide bonds. The summed E-state index contributed by atoms with van der Waals surface area (Å²) in [5, 5.41) is 3.50. The van der Waals surface area contributed by atoms with E-state index in [0.29, 0.717) is 24.1 Å². The molecule has 1 aliphatic carbocycles. The summed E-state index contributed by atoms with van der Waals surface area (Å²) in [6, 6.07) is 8.87. The van der Waals surface area contributed by atoms with E-state index >= 15 is 0 Å². The lowest BCUT2D eigenvalue weighted by Crippen LogP contribution is -2.39. The van der Waals surface area contributed by atoms with Crippen LogP contribution in [0.4, 0.5) is 17.5 Å². The minimum atomic E-state index is -0.0207. The molecule has 2 fully saturated rings. The molecule has 1 saturated carbocycles. The summed E-state index contributed by atoms with van der Waals surface area (Å²) in [6.45, 7) is 6.14. The van der Waals surface area contributed by atoms with E-state index in [4.69, 9.17) is 9.72 Å². The van der Waals surface area contributed by atoms with Crippen LogP contribution < -0.4 is 10.2 Å². The summed E-state index contributed by atoms with van der Waals surface area (Å²) >= 11 is 0. The first kappa shape index (κ1) is 22.1. The maximum Gasteiger partial charge on any atom is 0.273 e. The van der Waals surface area contributed by atoms with Crippen molar-refractivity contribution < 1.29 is 9.53 Å². The lowest BCUT2D eigenvalue weighted by Gasteiger charge is -2.30. The largest absolute Gasteiger partial charge is 0.376 e. The molecule has 2 aromatic rings. The van der Waals surface area contributed by atoms with E-state index in [-0.39, 0.29) is 18.1 Å². The molecule has 7 heteroatoms. The van der Waals surface area contributed by atoms with Gasteiger partial charge in [-0.1, -0.05) is 31.4 Å².